The summed E-state index contributed by atoms with van der Waals surface area (Å²) in [6.07, 6.45) is 64.7. The highest BCUT2D eigenvalue weighted by atomic mass is 31.2. The van der Waals surface area contributed by atoms with Gasteiger partial charge in [-0.2, -0.15) is 0 Å². The Hall–Kier alpha value is -4.38. The topological polar surface area (TPSA) is 169 Å². The molecule has 0 aliphatic rings. The highest BCUT2D eigenvalue weighted by Gasteiger charge is 2.28. The number of carbonyl (C=O) groups excluding carboxylic acids is 2. The predicted molar refractivity (Wildman–Crippen MR) is 272 cm³/mol. The first-order valence-corrected chi connectivity index (χ1v) is 25.7. The number of phosphoric acid groups is 1. The van der Waals surface area contributed by atoms with Crippen LogP contribution in [-0.2, 0) is 32.7 Å². The lowest BCUT2D eigenvalue weighted by Gasteiger charge is -2.18. The largest absolute Gasteiger partial charge is 0.480 e. The monoisotopic (exact) mass is 938 g/mol. The summed E-state index contributed by atoms with van der Waals surface area (Å²) in [5, 5.41) is 21.9. The lowest BCUT2D eigenvalue weighted by molar-refractivity contribution is -0.147. The van der Waals surface area contributed by atoms with Gasteiger partial charge in [0, 0.05) is 12.8 Å². The maximum Gasteiger partial charge on any atom is 0.472 e. The average molecular weight is 938 g/mol. The third-order valence-corrected chi connectivity index (χ3v) is 10.4. The third-order valence-electron chi connectivity index (χ3n) is 9.43. The summed E-state index contributed by atoms with van der Waals surface area (Å²) in [6.45, 7) is 2.29. The Morgan fingerprint density at radius 3 is 1.26 bits per heavy atom. The quantitative estimate of drug-likeness (QED) is 0.0200. The zero-order valence-corrected chi connectivity index (χ0v) is 41.1. The molecule has 3 unspecified atom stereocenters. The van der Waals surface area contributed by atoms with Crippen molar-refractivity contribution in [1.29, 1.82) is 0 Å². The Balaban J connectivity index is 4.00. The molecule has 0 aliphatic heterocycles. The molecule has 0 heterocycles. The smallest absolute Gasteiger partial charge is 0.472 e. The van der Waals surface area contributed by atoms with Gasteiger partial charge >= 0.3 is 19.8 Å². The molecular weight excluding hydrogens is 854 g/mol. The van der Waals surface area contributed by atoms with Gasteiger partial charge in [0.2, 0.25) is 5.91 Å². The number of ether oxygens (including phenoxy) is 1. The molecule has 0 bridgehead atoms. The molecular formula is C54H84NO10P. The number of unbranched alkanes of at least 4 members (excludes halogenated alkanes) is 7. The van der Waals surface area contributed by atoms with Crippen LogP contribution in [0.25, 0.3) is 0 Å². The second-order valence-corrected chi connectivity index (χ2v) is 17.0. The molecule has 3 atom stereocenters. The van der Waals surface area contributed by atoms with Crippen molar-refractivity contribution in [3.8, 4) is 0 Å². The number of phosphoric ester groups is 1. The van der Waals surface area contributed by atoms with Crippen LogP contribution in [0.1, 0.15) is 155 Å². The number of aliphatic hydroxyl groups excluding tert-OH is 1. The van der Waals surface area contributed by atoms with Crippen molar-refractivity contribution in [3.05, 3.63) is 134 Å². The number of esters is 1. The fourth-order valence-electron chi connectivity index (χ4n) is 5.75. The fraction of sp³-hybridized carbons (Fsp3) is 0.537. The van der Waals surface area contributed by atoms with Crippen LogP contribution >= 0.6 is 7.82 Å². The molecule has 0 saturated carbocycles. The molecule has 0 aliphatic carbocycles. The van der Waals surface area contributed by atoms with Crippen molar-refractivity contribution in [1.82, 2.24) is 5.32 Å². The van der Waals surface area contributed by atoms with Crippen LogP contribution in [0.2, 0.25) is 0 Å². The first kappa shape index (κ1) is 61.6. The van der Waals surface area contributed by atoms with E-state index in [1.807, 2.05) is 0 Å². The average Bonchev–Trinajstić information content (AvgIpc) is 3.29. The predicted octanol–water partition coefficient (Wildman–Crippen LogP) is 13.3. The number of rotatable bonds is 43. The lowest BCUT2D eigenvalue weighted by atomic mass is 10.1. The molecule has 0 fully saturated rings. The first-order valence-electron chi connectivity index (χ1n) is 24.2. The maximum atomic E-state index is 12.4. The lowest BCUT2D eigenvalue weighted by Crippen LogP contribution is -2.43. The fourth-order valence-corrected chi connectivity index (χ4v) is 6.53. The summed E-state index contributed by atoms with van der Waals surface area (Å²) < 4.78 is 26.9. The molecule has 1 amide bonds. The van der Waals surface area contributed by atoms with Gasteiger partial charge in [-0.25, -0.2) is 9.36 Å². The van der Waals surface area contributed by atoms with Crippen LogP contribution in [0.3, 0.4) is 0 Å². The molecule has 0 aromatic heterocycles. The Morgan fingerprint density at radius 2 is 0.833 bits per heavy atom. The Kier molecular flexibility index (Phi) is 44.0. The standard InChI is InChI=1S/C54H84NO10P/c1-3-5-7-9-11-13-15-17-19-21-23-25-27-29-31-33-35-37-39-41-43-45-52(57)55-51(54(59)60)49-65-66(61,62)64-48-50(56)47-63-53(58)46-44-42-40-38-36-34-32-30-28-26-24-22-20-18-16-14-12-10-8-6-4-2/h5-8,11-14,17-20,23-26,29-32,36,38,50-51,56H,3-4,9-10,15-16,21-22,27-28,33-35,37,39-49H2,1-2H3,(H,55,57)(H,59,60)(H,61,62)/b7-5-,8-6-,13-11-,14-12-,19-17-,20-18-,25-23-,26-24-,31-29-,32-30-,38-36-. The minimum absolute atomic E-state index is 0.111. The highest BCUT2D eigenvalue weighted by Crippen LogP contribution is 2.43. The van der Waals surface area contributed by atoms with E-state index in [4.69, 9.17) is 13.8 Å². The van der Waals surface area contributed by atoms with Gasteiger partial charge in [-0.05, 0) is 109 Å². The van der Waals surface area contributed by atoms with E-state index in [9.17, 15) is 34.1 Å². The van der Waals surface area contributed by atoms with E-state index in [0.717, 1.165) is 116 Å². The summed E-state index contributed by atoms with van der Waals surface area (Å²) in [7, 11) is -4.79. The van der Waals surface area contributed by atoms with Gasteiger partial charge in [0.05, 0.1) is 13.2 Å². The minimum atomic E-state index is -4.79. The van der Waals surface area contributed by atoms with Crippen LogP contribution in [-0.4, -0.2) is 64.9 Å². The molecule has 0 rings (SSSR count). The molecule has 370 valence electrons. The highest BCUT2D eigenvalue weighted by molar-refractivity contribution is 7.47. The number of aliphatic carboxylic acids is 1. The summed E-state index contributed by atoms with van der Waals surface area (Å²) in [6, 6.07) is -1.57. The van der Waals surface area contributed by atoms with Crippen molar-refractivity contribution in [2.45, 2.75) is 167 Å². The van der Waals surface area contributed by atoms with Crippen LogP contribution in [0.4, 0.5) is 0 Å². The number of hydrogen-bond acceptors (Lipinski definition) is 8. The van der Waals surface area contributed by atoms with Crippen LogP contribution < -0.4 is 5.32 Å². The second-order valence-electron chi connectivity index (χ2n) is 15.5. The summed E-state index contributed by atoms with van der Waals surface area (Å²) in [5.74, 6) is -2.47. The first-order chi connectivity index (χ1) is 32.1. The Morgan fingerprint density at radius 1 is 0.485 bits per heavy atom. The van der Waals surface area contributed by atoms with E-state index in [1.165, 1.54) is 0 Å². The van der Waals surface area contributed by atoms with E-state index >= 15 is 0 Å². The number of carboxylic acids is 1. The summed E-state index contributed by atoms with van der Waals surface area (Å²) in [5.41, 5.74) is 0. The van der Waals surface area contributed by atoms with Gasteiger partial charge in [-0.15, -0.1) is 0 Å². The molecule has 0 spiro atoms. The summed E-state index contributed by atoms with van der Waals surface area (Å²) >= 11 is 0. The number of carboxylic acid groups (broad SMARTS) is 1. The number of allylic oxidation sites excluding steroid dienone is 22. The molecule has 0 aromatic carbocycles. The van der Waals surface area contributed by atoms with Crippen molar-refractivity contribution in [2.24, 2.45) is 0 Å². The maximum absolute atomic E-state index is 12.4. The van der Waals surface area contributed by atoms with Gasteiger partial charge < -0.3 is 25.2 Å². The molecule has 12 heteroatoms. The van der Waals surface area contributed by atoms with E-state index in [1.54, 1.807) is 0 Å². The van der Waals surface area contributed by atoms with Gasteiger partial charge in [-0.3, -0.25) is 18.6 Å². The number of nitrogens with one attached hydrogen (secondary N) is 1. The molecule has 0 radical (unpaired) electrons. The SMILES string of the molecule is CC/C=C\C/C=C\C/C=C\C/C=C\C/C=C\C/C=C\CCCCC(=O)OCC(O)COP(=O)(O)OCC(NC(=O)CCCCCCC/C=C\C/C=C\C/C=C\C/C=C\C/C=C\CC)C(=O)O. The van der Waals surface area contributed by atoms with Crippen LogP contribution in [0, 0.1) is 0 Å². The number of amides is 1. The van der Waals surface area contributed by atoms with Gasteiger partial charge in [0.25, 0.3) is 0 Å². The van der Waals surface area contributed by atoms with E-state index in [0.29, 0.717) is 12.8 Å². The minimum Gasteiger partial charge on any atom is -0.480 e. The van der Waals surface area contributed by atoms with E-state index < -0.39 is 57.6 Å². The zero-order chi connectivity index (χ0) is 48.4. The summed E-state index contributed by atoms with van der Waals surface area (Å²) in [4.78, 5) is 46.1. The Bertz CT molecular complexity index is 1620. The van der Waals surface area contributed by atoms with E-state index in [-0.39, 0.29) is 12.8 Å². The van der Waals surface area contributed by atoms with Crippen molar-refractivity contribution in [2.75, 3.05) is 19.8 Å². The number of hydrogen-bond donors (Lipinski definition) is 4. The zero-order valence-electron chi connectivity index (χ0n) is 40.2. The molecule has 4 N–H and O–H groups in total. The normalized spacial score (nSPS) is 14.7. The number of aliphatic hydroxyl groups is 1. The molecule has 0 aromatic rings. The number of carbonyl (C=O) groups is 3. The van der Waals surface area contributed by atoms with Crippen LogP contribution in [0.15, 0.2) is 134 Å². The Labute approximate surface area is 398 Å². The second kappa shape index (κ2) is 47.1. The van der Waals surface area contributed by atoms with E-state index in [2.05, 4.69) is 153 Å². The molecule has 66 heavy (non-hydrogen) atoms. The van der Waals surface area contributed by atoms with Crippen molar-refractivity contribution in [3.63, 3.8) is 0 Å². The third kappa shape index (κ3) is 46.2. The van der Waals surface area contributed by atoms with Crippen molar-refractivity contribution < 1.29 is 47.8 Å². The van der Waals surface area contributed by atoms with Gasteiger partial charge in [0.1, 0.15) is 12.7 Å². The van der Waals surface area contributed by atoms with Gasteiger partial charge in [0.15, 0.2) is 6.04 Å². The molecule has 11 nitrogen and oxygen atoms in total. The molecule has 0 saturated heterocycles. The van der Waals surface area contributed by atoms with Crippen LogP contribution in [0.5, 0.6) is 0 Å². The van der Waals surface area contributed by atoms with Crippen molar-refractivity contribution >= 4 is 25.7 Å². The van der Waals surface area contributed by atoms with Gasteiger partial charge in [-0.1, -0.05) is 167 Å².